The van der Waals surface area contributed by atoms with E-state index in [1.54, 1.807) is 24.3 Å². The molecule has 2 aromatic rings. The van der Waals surface area contributed by atoms with Crippen LogP contribution in [0, 0.1) is 17.7 Å². The number of rotatable bonds is 5. The van der Waals surface area contributed by atoms with Gasteiger partial charge in [-0.3, -0.25) is 19.2 Å². The Morgan fingerprint density at radius 3 is 2.44 bits per heavy atom. The first-order valence-corrected chi connectivity index (χ1v) is 14.3. The van der Waals surface area contributed by atoms with Crippen LogP contribution in [0.3, 0.4) is 0 Å². The van der Waals surface area contributed by atoms with Gasteiger partial charge in [-0.2, -0.15) is 0 Å². The van der Waals surface area contributed by atoms with E-state index in [-0.39, 0.29) is 44.2 Å². The molecule has 0 radical (unpaired) electrons. The Hall–Kier alpha value is -3.79. The van der Waals surface area contributed by atoms with Gasteiger partial charge in [0, 0.05) is 18.5 Å². The monoisotopic (exact) mass is 566 g/mol. The van der Waals surface area contributed by atoms with Crippen molar-refractivity contribution in [2.45, 2.75) is 64.1 Å². The van der Waals surface area contributed by atoms with Crippen LogP contribution in [0.4, 0.5) is 4.39 Å². The molecule has 2 aliphatic rings. The van der Waals surface area contributed by atoms with E-state index in [1.165, 1.54) is 12.1 Å². The van der Waals surface area contributed by atoms with Crippen LogP contribution in [0.1, 0.15) is 44.2 Å². The summed E-state index contributed by atoms with van der Waals surface area (Å²) in [5, 5.41) is 11.6. The van der Waals surface area contributed by atoms with Crippen LogP contribution in [0.15, 0.2) is 48.5 Å². The van der Waals surface area contributed by atoms with Crippen LogP contribution in [0.2, 0.25) is 0 Å². The highest BCUT2D eigenvalue weighted by Crippen LogP contribution is 2.33. The molecule has 0 bridgehead atoms. The number of ether oxygens (including phenoxy) is 1. The van der Waals surface area contributed by atoms with Gasteiger partial charge in [0.25, 0.3) is 0 Å². The molecule has 0 saturated heterocycles. The second kappa shape index (κ2) is 14.2. The molecule has 4 rings (SSSR count). The molecule has 9 nitrogen and oxygen atoms in total. The molecule has 0 unspecified atom stereocenters. The molecule has 1 saturated carbocycles. The summed E-state index contributed by atoms with van der Waals surface area (Å²) < 4.78 is 19.8. The quantitative estimate of drug-likeness (QED) is 0.439. The molecular weight excluding hydrogens is 527 g/mol. The fourth-order valence-electron chi connectivity index (χ4n) is 4.89. The molecule has 4 N–H and O–H groups in total. The molecule has 1 heterocycles. The van der Waals surface area contributed by atoms with Gasteiger partial charge in [0.05, 0.1) is 12.6 Å². The van der Waals surface area contributed by atoms with E-state index in [2.05, 4.69) is 21.3 Å². The van der Waals surface area contributed by atoms with Gasteiger partial charge >= 0.3 is 0 Å². The van der Waals surface area contributed by atoms with Gasteiger partial charge in [-0.15, -0.1) is 0 Å². The summed E-state index contributed by atoms with van der Waals surface area (Å²) in [5.41, 5.74) is 1.31. The number of halogens is 1. The molecule has 1 fully saturated rings. The van der Waals surface area contributed by atoms with Gasteiger partial charge in [-0.1, -0.05) is 57.0 Å². The van der Waals surface area contributed by atoms with Gasteiger partial charge in [-0.05, 0) is 48.4 Å². The molecule has 10 heteroatoms. The lowest BCUT2D eigenvalue weighted by atomic mass is 10.00. The fourth-order valence-corrected chi connectivity index (χ4v) is 4.89. The third kappa shape index (κ3) is 9.11. The first-order valence-electron chi connectivity index (χ1n) is 14.3. The fraction of sp³-hybridized carbons (Fsp3) is 0.484. The summed E-state index contributed by atoms with van der Waals surface area (Å²) in [6.45, 7) is 3.94. The van der Waals surface area contributed by atoms with Gasteiger partial charge in [0.2, 0.25) is 17.7 Å². The van der Waals surface area contributed by atoms with Crippen LogP contribution in [0.5, 0.6) is 5.75 Å². The molecule has 3 atom stereocenters. The number of para-hydroxylation sites is 1. The smallest absolute Gasteiger partial charge is 0.243 e. The van der Waals surface area contributed by atoms with Crippen LogP contribution in [-0.2, 0) is 32.0 Å². The number of ketones is 1. The lowest BCUT2D eigenvalue weighted by Crippen LogP contribution is -2.58. The van der Waals surface area contributed by atoms with Gasteiger partial charge in [-0.25, -0.2) is 4.39 Å². The average Bonchev–Trinajstić information content (AvgIpc) is 3.76. The second-order valence-corrected chi connectivity index (χ2v) is 11.2. The van der Waals surface area contributed by atoms with Crippen molar-refractivity contribution in [2.24, 2.45) is 11.8 Å². The number of fused-ring (bicyclic) bond motifs is 1. The SMILES string of the molecule is CC(C)[C@H]1NC(=O)[C@@H](Cc2cccc(F)c2)NCCOc2ccccc2CC(=O)CNC(=O)[C@H](CC2CC2)NC1=O. The van der Waals surface area contributed by atoms with E-state index in [0.717, 1.165) is 12.8 Å². The Morgan fingerprint density at radius 1 is 0.927 bits per heavy atom. The van der Waals surface area contributed by atoms with Gasteiger partial charge in [0.15, 0.2) is 5.78 Å². The predicted molar refractivity (Wildman–Crippen MR) is 152 cm³/mol. The molecule has 1 aliphatic heterocycles. The van der Waals surface area contributed by atoms with Crippen molar-refractivity contribution in [2.75, 3.05) is 19.7 Å². The number of amides is 3. The van der Waals surface area contributed by atoms with Crippen LogP contribution < -0.4 is 26.0 Å². The highest BCUT2D eigenvalue weighted by molar-refractivity contribution is 5.94. The minimum atomic E-state index is -0.905. The van der Waals surface area contributed by atoms with Crippen molar-refractivity contribution < 1.29 is 28.3 Å². The molecule has 220 valence electrons. The number of hydrogen-bond acceptors (Lipinski definition) is 6. The highest BCUT2D eigenvalue weighted by Gasteiger charge is 2.34. The Balaban J connectivity index is 1.59. The zero-order valence-electron chi connectivity index (χ0n) is 23.6. The maximum absolute atomic E-state index is 13.9. The van der Waals surface area contributed by atoms with Crippen molar-refractivity contribution in [3.63, 3.8) is 0 Å². The molecule has 2 aromatic carbocycles. The first kappa shape index (κ1) is 30.2. The largest absolute Gasteiger partial charge is 0.492 e. The summed E-state index contributed by atoms with van der Waals surface area (Å²) in [5.74, 6) is -1.31. The summed E-state index contributed by atoms with van der Waals surface area (Å²) in [7, 11) is 0. The maximum atomic E-state index is 13.9. The van der Waals surface area contributed by atoms with E-state index in [4.69, 9.17) is 4.74 Å². The summed E-state index contributed by atoms with van der Waals surface area (Å²) in [6.07, 6.45) is 2.68. The topological polar surface area (TPSA) is 126 Å². The molecule has 0 spiro atoms. The third-order valence-corrected chi connectivity index (χ3v) is 7.36. The third-order valence-electron chi connectivity index (χ3n) is 7.36. The van der Waals surface area contributed by atoms with Crippen molar-refractivity contribution >= 4 is 23.5 Å². The Bertz CT molecular complexity index is 1250. The summed E-state index contributed by atoms with van der Waals surface area (Å²) in [4.78, 5) is 52.8. The first-order chi connectivity index (χ1) is 19.7. The number of carbonyl (C=O) groups is 4. The van der Waals surface area contributed by atoms with E-state index in [9.17, 15) is 23.6 Å². The lowest BCUT2D eigenvalue weighted by Gasteiger charge is -2.27. The van der Waals surface area contributed by atoms with Crippen LogP contribution >= 0.6 is 0 Å². The van der Waals surface area contributed by atoms with E-state index in [1.807, 2.05) is 26.0 Å². The summed E-state index contributed by atoms with van der Waals surface area (Å²) >= 11 is 0. The van der Waals surface area contributed by atoms with Crippen LogP contribution in [-0.4, -0.2) is 61.3 Å². The molecule has 41 heavy (non-hydrogen) atoms. The van der Waals surface area contributed by atoms with Crippen molar-refractivity contribution in [1.82, 2.24) is 21.3 Å². The number of hydrogen-bond donors (Lipinski definition) is 4. The Labute approximate surface area is 240 Å². The van der Waals surface area contributed by atoms with Crippen molar-refractivity contribution in [3.8, 4) is 5.75 Å². The zero-order valence-corrected chi connectivity index (χ0v) is 23.6. The standard InChI is InChI=1S/C31H39FN4O5/c1-19(2)28-31(40)35-26(15-20-10-11-20)29(38)34-18-24(37)17-22-7-3-4-9-27(22)41-13-12-33-25(30(39)36-28)16-21-6-5-8-23(32)14-21/h3-9,14,19-20,25-26,28,33H,10-13,15-18H2,1-2H3,(H,34,38)(H,35,40)(H,36,39)/t25-,26+,28-/m1/s1. The normalized spacial score (nSPS) is 23.4. The molecule has 0 aromatic heterocycles. The van der Waals surface area contributed by atoms with Crippen molar-refractivity contribution in [3.05, 3.63) is 65.5 Å². The van der Waals surface area contributed by atoms with Crippen LogP contribution in [0.25, 0.3) is 0 Å². The Kier molecular flexibility index (Phi) is 10.5. The molecule has 3 amide bonds. The van der Waals surface area contributed by atoms with E-state index in [0.29, 0.717) is 29.2 Å². The number of carbonyl (C=O) groups excluding carboxylic acids is 4. The van der Waals surface area contributed by atoms with E-state index < -0.39 is 41.7 Å². The molecule has 1 aliphatic carbocycles. The minimum Gasteiger partial charge on any atom is -0.492 e. The van der Waals surface area contributed by atoms with Gasteiger partial charge in [0.1, 0.15) is 30.3 Å². The lowest BCUT2D eigenvalue weighted by molar-refractivity contribution is -0.134. The maximum Gasteiger partial charge on any atom is 0.243 e. The molecular formula is C31H39FN4O5. The Morgan fingerprint density at radius 2 is 1.71 bits per heavy atom. The number of benzene rings is 2. The van der Waals surface area contributed by atoms with E-state index >= 15 is 0 Å². The zero-order chi connectivity index (χ0) is 29.4. The minimum absolute atomic E-state index is 0.0730. The second-order valence-electron chi connectivity index (χ2n) is 11.2. The van der Waals surface area contributed by atoms with Gasteiger partial charge < -0.3 is 26.0 Å². The number of Topliss-reactive ketones (excluding diaryl/α,β-unsaturated/α-hetero) is 1. The highest BCUT2D eigenvalue weighted by atomic mass is 19.1. The predicted octanol–water partition coefficient (Wildman–Crippen LogP) is 2.07. The summed E-state index contributed by atoms with van der Waals surface area (Å²) in [6, 6.07) is 10.7. The van der Waals surface area contributed by atoms with Crippen molar-refractivity contribution in [1.29, 1.82) is 0 Å². The average molecular weight is 567 g/mol. The number of nitrogens with one attached hydrogen (secondary N) is 4.